The molecular weight excluding hydrogens is 456 g/mol. The van der Waals surface area contributed by atoms with Crippen LogP contribution in [0.2, 0.25) is 0 Å². The van der Waals surface area contributed by atoms with Gasteiger partial charge in [-0.2, -0.15) is 0 Å². The lowest BCUT2D eigenvalue weighted by atomic mass is 10.0. The summed E-state index contributed by atoms with van der Waals surface area (Å²) in [5, 5.41) is 11.8. The average Bonchev–Trinajstić information content (AvgIpc) is 3.51. The Morgan fingerprint density at radius 1 is 1.19 bits per heavy atom. The Hall–Kier alpha value is -3.56. The number of ether oxygens (including phenoxy) is 1. The van der Waals surface area contributed by atoms with E-state index < -0.39 is 11.7 Å². The van der Waals surface area contributed by atoms with Gasteiger partial charge in [0.25, 0.3) is 0 Å². The van der Waals surface area contributed by atoms with Gasteiger partial charge >= 0.3 is 6.09 Å². The van der Waals surface area contributed by atoms with Crippen LogP contribution in [0.4, 0.5) is 10.6 Å². The third-order valence-corrected chi connectivity index (χ3v) is 6.79. The van der Waals surface area contributed by atoms with Crippen molar-refractivity contribution in [2.75, 3.05) is 4.90 Å². The van der Waals surface area contributed by atoms with Crippen LogP contribution in [0, 0.1) is 6.92 Å². The minimum absolute atomic E-state index is 0.107. The number of hydrogen-bond acceptors (Lipinski definition) is 8. The van der Waals surface area contributed by atoms with Crippen molar-refractivity contribution < 1.29 is 9.53 Å². The van der Waals surface area contributed by atoms with Gasteiger partial charge in [-0.3, -0.25) is 9.55 Å². The summed E-state index contributed by atoms with van der Waals surface area (Å²) in [5.74, 6) is 3.30. The molecule has 5 rings (SSSR count). The molecule has 36 heavy (non-hydrogen) atoms. The molecule has 3 aromatic rings. The molecule has 0 bridgehead atoms. The molecule has 1 amide bonds. The molecule has 1 aliphatic carbocycles. The Bertz CT molecular complexity index is 1260. The third kappa shape index (κ3) is 4.52. The number of alkyl carbamates (subject to hydrolysis) is 1. The second-order valence-corrected chi connectivity index (χ2v) is 10.5. The smallest absolute Gasteiger partial charge is 0.407 e. The van der Waals surface area contributed by atoms with E-state index in [1.54, 1.807) is 12.4 Å². The summed E-state index contributed by atoms with van der Waals surface area (Å²) in [6.07, 6.45) is 10.5. The van der Waals surface area contributed by atoms with E-state index in [1.165, 1.54) is 12.8 Å². The molecule has 4 heterocycles. The number of aromatic nitrogens is 6. The summed E-state index contributed by atoms with van der Waals surface area (Å²) >= 11 is 0. The largest absolute Gasteiger partial charge is 0.444 e. The number of carbonyl (C=O) groups is 1. The van der Waals surface area contributed by atoms with E-state index in [0.29, 0.717) is 11.9 Å². The quantitative estimate of drug-likeness (QED) is 0.549. The summed E-state index contributed by atoms with van der Waals surface area (Å²) in [6.45, 7) is 9.94. The SMILES string of the molecule is CCC1c2nnc(C)n2-c2cnc(-c3ccncc3CNC(=O)OC(C)(C)C)nc2N1C1CCCC1. The molecular formula is C26H34N8O2. The minimum Gasteiger partial charge on any atom is -0.444 e. The number of pyridine rings is 1. The summed E-state index contributed by atoms with van der Waals surface area (Å²) < 4.78 is 7.48. The summed E-state index contributed by atoms with van der Waals surface area (Å²) in [5.41, 5.74) is 1.99. The van der Waals surface area contributed by atoms with Gasteiger partial charge in [0.15, 0.2) is 17.5 Å². The Morgan fingerprint density at radius 3 is 2.69 bits per heavy atom. The van der Waals surface area contributed by atoms with Crippen LogP contribution in [0.3, 0.4) is 0 Å². The van der Waals surface area contributed by atoms with Gasteiger partial charge in [-0.05, 0) is 53.0 Å². The van der Waals surface area contributed by atoms with E-state index in [9.17, 15) is 4.79 Å². The summed E-state index contributed by atoms with van der Waals surface area (Å²) in [7, 11) is 0. The third-order valence-electron chi connectivity index (χ3n) is 6.79. The normalized spacial score (nSPS) is 17.6. The lowest BCUT2D eigenvalue weighted by Gasteiger charge is -2.41. The van der Waals surface area contributed by atoms with Crippen molar-refractivity contribution in [1.29, 1.82) is 0 Å². The second kappa shape index (κ2) is 9.48. The van der Waals surface area contributed by atoms with Gasteiger partial charge in [-0.25, -0.2) is 14.8 Å². The number of nitrogens with zero attached hydrogens (tertiary/aromatic N) is 7. The maximum Gasteiger partial charge on any atom is 0.407 e. The first-order valence-corrected chi connectivity index (χ1v) is 12.7. The molecule has 1 atom stereocenters. The monoisotopic (exact) mass is 490 g/mol. The fraction of sp³-hybridized carbons (Fsp3) is 0.538. The zero-order valence-corrected chi connectivity index (χ0v) is 21.7. The molecule has 0 radical (unpaired) electrons. The number of fused-ring (bicyclic) bond motifs is 3. The van der Waals surface area contributed by atoms with E-state index in [2.05, 4.69) is 36.9 Å². The van der Waals surface area contributed by atoms with E-state index >= 15 is 0 Å². The van der Waals surface area contributed by atoms with Crippen LogP contribution in [-0.4, -0.2) is 47.5 Å². The summed E-state index contributed by atoms with van der Waals surface area (Å²) in [4.78, 5) is 28.9. The molecule has 0 aromatic carbocycles. The van der Waals surface area contributed by atoms with Gasteiger partial charge in [0.2, 0.25) is 0 Å². The van der Waals surface area contributed by atoms with Crippen LogP contribution in [0.1, 0.15) is 83.1 Å². The molecule has 10 nitrogen and oxygen atoms in total. The Morgan fingerprint density at radius 2 is 1.97 bits per heavy atom. The Labute approximate surface area is 211 Å². The first kappa shape index (κ1) is 24.1. The van der Waals surface area contributed by atoms with Gasteiger partial charge in [-0.1, -0.05) is 19.8 Å². The molecule has 3 aromatic heterocycles. The molecule has 2 aliphatic rings. The van der Waals surface area contributed by atoms with Crippen molar-refractivity contribution in [1.82, 2.24) is 35.0 Å². The fourth-order valence-corrected chi connectivity index (χ4v) is 5.27. The predicted molar refractivity (Wildman–Crippen MR) is 136 cm³/mol. The maximum atomic E-state index is 12.2. The van der Waals surface area contributed by atoms with Crippen LogP contribution in [0.15, 0.2) is 24.7 Å². The van der Waals surface area contributed by atoms with Crippen molar-refractivity contribution >= 4 is 11.9 Å². The van der Waals surface area contributed by atoms with Gasteiger partial charge in [-0.15, -0.1) is 10.2 Å². The van der Waals surface area contributed by atoms with Gasteiger partial charge in [0.05, 0.1) is 12.2 Å². The van der Waals surface area contributed by atoms with Gasteiger partial charge < -0.3 is 15.0 Å². The number of carbonyl (C=O) groups excluding carboxylic acids is 1. The van der Waals surface area contributed by atoms with Crippen molar-refractivity contribution in [3.05, 3.63) is 41.9 Å². The second-order valence-electron chi connectivity index (χ2n) is 10.5. The molecule has 0 saturated heterocycles. The Kier molecular flexibility index (Phi) is 6.36. The number of anilines is 1. The van der Waals surface area contributed by atoms with Crippen molar-refractivity contribution in [2.45, 2.75) is 91.0 Å². The van der Waals surface area contributed by atoms with Crippen LogP contribution < -0.4 is 10.2 Å². The van der Waals surface area contributed by atoms with Gasteiger partial charge in [0.1, 0.15) is 17.1 Å². The zero-order valence-electron chi connectivity index (χ0n) is 21.7. The van der Waals surface area contributed by atoms with E-state index in [0.717, 1.165) is 53.5 Å². The molecule has 190 valence electrons. The van der Waals surface area contributed by atoms with Crippen LogP contribution in [0.25, 0.3) is 17.1 Å². The number of hydrogen-bond donors (Lipinski definition) is 1. The first-order chi connectivity index (χ1) is 17.3. The average molecular weight is 491 g/mol. The highest BCUT2D eigenvalue weighted by atomic mass is 16.6. The molecule has 10 heteroatoms. The topological polar surface area (TPSA) is 111 Å². The number of aryl methyl sites for hydroxylation is 1. The highest BCUT2D eigenvalue weighted by Crippen LogP contribution is 2.43. The highest BCUT2D eigenvalue weighted by molar-refractivity contribution is 5.70. The maximum absolute atomic E-state index is 12.2. The molecule has 1 aliphatic heterocycles. The molecule has 1 unspecified atom stereocenters. The number of amides is 1. The van der Waals surface area contributed by atoms with Crippen LogP contribution in [0.5, 0.6) is 0 Å². The van der Waals surface area contributed by atoms with Crippen LogP contribution in [-0.2, 0) is 11.3 Å². The molecule has 1 saturated carbocycles. The van der Waals surface area contributed by atoms with E-state index in [-0.39, 0.29) is 12.6 Å². The molecule has 1 N–H and O–H groups in total. The lowest BCUT2D eigenvalue weighted by Crippen LogP contribution is -2.42. The van der Waals surface area contributed by atoms with Gasteiger partial charge in [0, 0.05) is 36.1 Å². The number of rotatable bonds is 5. The zero-order chi connectivity index (χ0) is 25.4. The lowest BCUT2D eigenvalue weighted by molar-refractivity contribution is 0.0523. The highest BCUT2D eigenvalue weighted by Gasteiger charge is 2.39. The number of nitrogens with one attached hydrogen (secondary N) is 1. The van der Waals surface area contributed by atoms with Crippen molar-refractivity contribution in [3.8, 4) is 17.1 Å². The first-order valence-electron chi connectivity index (χ1n) is 12.7. The predicted octanol–water partition coefficient (Wildman–Crippen LogP) is 4.67. The van der Waals surface area contributed by atoms with Crippen molar-refractivity contribution in [3.63, 3.8) is 0 Å². The standard InChI is InChI=1S/C26H34N8O2/c1-6-20-24-32-31-16(2)33(24)21-15-28-22(30-23(21)34(20)18-9-7-8-10-18)19-11-12-27-13-17(19)14-29-25(35)36-26(3,4)5/h11-13,15,18,20H,6-10,14H2,1-5H3,(H,29,35). The summed E-state index contributed by atoms with van der Waals surface area (Å²) in [6, 6.07) is 2.41. The Balaban J connectivity index is 1.54. The van der Waals surface area contributed by atoms with Crippen molar-refractivity contribution in [2.24, 2.45) is 0 Å². The van der Waals surface area contributed by atoms with E-state index in [4.69, 9.17) is 14.7 Å². The van der Waals surface area contributed by atoms with Crippen LogP contribution >= 0.6 is 0 Å². The molecule has 1 fully saturated rings. The molecule has 0 spiro atoms. The van der Waals surface area contributed by atoms with E-state index in [1.807, 2.05) is 40.0 Å². The fourth-order valence-electron chi connectivity index (χ4n) is 5.27. The minimum atomic E-state index is -0.567.